The van der Waals surface area contributed by atoms with Crippen LogP contribution in [0.15, 0.2) is 17.4 Å². The number of H-pyrrole nitrogens is 1. The van der Waals surface area contributed by atoms with E-state index in [-0.39, 0.29) is 11.2 Å². The van der Waals surface area contributed by atoms with E-state index < -0.39 is 35.2 Å². The Kier molecular flexibility index (Phi) is 1.95. The molecular weight excluding hydrogens is 268 g/mol. The Labute approximate surface area is 111 Å². The number of hydrogen-bond donors (Lipinski definition) is 4. The van der Waals surface area contributed by atoms with Gasteiger partial charge in [-0.05, 0) is 6.92 Å². The van der Waals surface area contributed by atoms with E-state index in [0.29, 0.717) is 0 Å². The molecule has 0 spiro atoms. The van der Waals surface area contributed by atoms with Crippen molar-refractivity contribution in [1.29, 1.82) is 0 Å². The zero-order chi connectivity index (χ0) is 14.3. The maximum absolute atomic E-state index is 11.6. The predicted octanol–water partition coefficient (Wildman–Crippen LogP) is -2.13. The quantitative estimate of drug-likeness (QED) is 0.469. The number of nitrogens with zero attached hydrogens (tertiary/aromatic N) is 3. The lowest BCUT2D eigenvalue weighted by atomic mass is 9.95. The summed E-state index contributed by atoms with van der Waals surface area (Å²) in [4.78, 5) is 21.9. The van der Waals surface area contributed by atoms with Crippen LogP contribution in [0.2, 0.25) is 0 Å². The third-order valence-corrected chi connectivity index (χ3v) is 4.25. The second-order valence-electron chi connectivity index (χ2n) is 5.38. The van der Waals surface area contributed by atoms with E-state index in [1.54, 1.807) is 0 Å². The van der Waals surface area contributed by atoms with Crippen LogP contribution in [0, 0.1) is 0 Å². The van der Waals surface area contributed by atoms with Gasteiger partial charge in [0.2, 0.25) is 0 Å². The molecule has 1 aliphatic carbocycles. The lowest BCUT2D eigenvalue weighted by Crippen LogP contribution is -2.48. The van der Waals surface area contributed by atoms with Crippen LogP contribution < -0.4 is 5.56 Å². The van der Waals surface area contributed by atoms with Crippen LogP contribution in [0.25, 0.3) is 11.2 Å². The predicted molar refractivity (Wildman–Crippen MR) is 63.6 cm³/mol. The highest BCUT2D eigenvalue weighted by Crippen LogP contribution is 2.59. The summed E-state index contributed by atoms with van der Waals surface area (Å²) < 4.78 is 6.86. The van der Waals surface area contributed by atoms with Crippen molar-refractivity contribution in [3.8, 4) is 0 Å². The molecule has 2 aliphatic rings. The SMILES string of the molecule is C[C@]1(O)[C@H](n2cnc3c(=O)[nH]cnc32)O[C@@H]2C(O)[C@@]21O. The molecular formula is C11H12N4O5. The molecule has 3 heterocycles. The molecule has 1 saturated carbocycles. The first kappa shape index (κ1) is 12.0. The van der Waals surface area contributed by atoms with Crippen molar-refractivity contribution < 1.29 is 20.1 Å². The van der Waals surface area contributed by atoms with Crippen molar-refractivity contribution in [2.75, 3.05) is 0 Å². The number of rotatable bonds is 1. The maximum Gasteiger partial charge on any atom is 0.278 e. The molecule has 20 heavy (non-hydrogen) atoms. The number of hydrogen-bond acceptors (Lipinski definition) is 7. The summed E-state index contributed by atoms with van der Waals surface area (Å²) in [6.45, 7) is 1.37. The molecule has 1 aliphatic heterocycles. The summed E-state index contributed by atoms with van der Waals surface area (Å²) in [6, 6.07) is 0. The number of nitrogens with one attached hydrogen (secondary N) is 1. The number of fused-ring (bicyclic) bond motifs is 2. The molecule has 0 amide bonds. The van der Waals surface area contributed by atoms with Crippen molar-refractivity contribution >= 4 is 11.2 Å². The molecule has 9 heteroatoms. The molecule has 2 aromatic rings. The fourth-order valence-corrected chi connectivity index (χ4v) is 2.93. The van der Waals surface area contributed by atoms with Gasteiger partial charge in [0.05, 0.1) is 12.7 Å². The largest absolute Gasteiger partial charge is 0.387 e. The first-order valence-electron chi connectivity index (χ1n) is 6.07. The number of ether oxygens (including phenoxy) is 1. The standard InChI is InChI=1S/C11H12N4O5/c1-10(18)9(20-6-5(16)11(6,10)19)15-3-14-4-7(15)12-2-13-8(4)17/h2-3,5-6,9,16,18-19H,1H3,(H,12,13,17)/t5?,6-,9-,10+,11-/m1/s1. The number of aromatic amines is 1. The smallest absolute Gasteiger partial charge is 0.278 e. The Hall–Kier alpha value is -1.81. The molecule has 9 nitrogen and oxygen atoms in total. The number of aliphatic hydroxyl groups excluding tert-OH is 1. The van der Waals surface area contributed by atoms with Crippen LogP contribution in [0.3, 0.4) is 0 Å². The molecule has 0 radical (unpaired) electrons. The summed E-state index contributed by atoms with van der Waals surface area (Å²) in [5.74, 6) is 0. The lowest BCUT2D eigenvalue weighted by molar-refractivity contribution is -0.157. The first-order valence-corrected chi connectivity index (χ1v) is 6.07. The zero-order valence-corrected chi connectivity index (χ0v) is 10.4. The van der Waals surface area contributed by atoms with Gasteiger partial charge in [-0.25, -0.2) is 9.97 Å². The Morgan fingerprint density at radius 3 is 2.85 bits per heavy atom. The van der Waals surface area contributed by atoms with Crippen LogP contribution in [0.1, 0.15) is 13.2 Å². The molecule has 0 bridgehead atoms. The van der Waals surface area contributed by atoms with E-state index in [0.717, 1.165) is 0 Å². The molecule has 1 saturated heterocycles. The average molecular weight is 280 g/mol. The highest BCUT2D eigenvalue weighted by atomic mass is 16.6. The highest BCUT2D eigenvalue weighted by molar-refractivity contribution is 5.69. The Bertz CT molecular complexity index is 768. The maximum atomic E-state index is 11.6. The Morgan fingerprint density at radius 1 is 1.45 bits per heavy atom. The monoisotopic (exact) mass is 280 g/mol. The van der Waals surface area contributed by atoms with Crippen LogP contribution in [-0.4, -0.2) is 58.2 Å². The van der Waals surface area contributed by atoms with Gasteiger partial charge in [-0.15, -0.1) is 0 Å². The average Bonchev–Trinajstić information content (AvgIpc) is 2.75. The van der Waals surface area contributed by atoms with Gasteiger partial charge in [0, 0.05) is 0 Å². The minimum absolute atomic E-state index is 0.111. The minimum atomic E-state index is -1.73. The highest BCUT2D eigenvalue weighted by Gasteiger charge is 2.82. The zero-order valence-electron chi connectivity index (χ0n) is 10.4. The van der Waals surface area contributed by atoms with Gasteiger partial charge in [-0.2, -0.15) is 0 Å². The van der Waals surface area contributed by atoms with Crippen LogP contribution in [-0.2, 0) is 4.74 Å². The summed E-state index contributed by atoms with van der Waals surface area (Å²) in [5, 5.41) is 30.3. The summed E-state index contributed by atoms with van der Waals surface area (Å²) in [7, 11) is 0. The Balaban J connectivity index is 1.86. The van der Waals surface area contributed by atoms with E-state index in [1.165, 1.54) is 24.1 Å². The Morgan fingerprint density at radius 2 is 2.20 bits per heavy atom. The summed E-state index contributed by atoms with van der Waals surface area (Å²) >= 11 is 0. The topological polar surface area (TPSA) is 133 Å². The minimum Gasteiger partial charge on any atom is -0.387 e. The van der Waals surface area contributed by atoms with Gasteiger partial charge in [0.1, 0.15) is 17.8 Å². The van der Waals surface area contributed by atoms with Gasteiger partial charge in [0.15, 0.2) is 23.0 Å². The fourth-order valence-electron chi connectivity index (χ4n) is 2.93. The van der Waals surface area contributed by atoms with Crippen LogP contribution in [0.5, 0.6) is 0 Å². The fraction of sp³-hybridized carbons (Fsp3) is 0.545. The van der Waals surface area contributed by atoms with Gasteiger partial charge in [0.25, 0.3) is 5.56 Å². The van der Waals surface area contributed by atoms with Crippen LogP contribution >= 0.6 is 0 Å². The van der Waals surface area contributed by atoms with E-state index >= 15 is 0 Å². The number of imidazole rings is 1. The first-order chi connectivity index (χ1) is 9.39. The van der Waals surface area contributed by atoms with Crippen molar-refractivity contribution in [2.24, 2.45) is 0 Å². The van der Waals surface area contributed by atoms with E-state index in [4.69, 9.17) is 4.74 Å². The molecule has 4 N–H and O–H groups in total. The third-order valence-electron chi connectivity index (χ3n) is 4.25. The van der Waals surface area contributed by atoms with E-state index in [2.05, 4.69) is 15.0 Å². The lowest BCUT2D eigenvalue weighted by Gasteiger charge is -2.32. The van der Waals surface area contributed by atoms with Gasteiger partial charge < -0.3 is 25.0 Å². The van der Waals surface area contributed by atoms with E-state index in [1.807, 2.05) is 0 Å². The molecule has 5 atom stereocenters. The second-order valence-corrected chi connectivity index (χ2v) is 5.38. The van der Waals surface area contributed by atoms with Crippen molar-refractivity contribution in [1.82, 2.24) is 19.5 Å². The third kappa shape index (κ3) is 1.10. The number of aromatic nitrogens is 4. The van der Waals surface area contributed by atoms with Crippen molar-refractivity contribution in [3.63, 3.8) is 0 Å². The number of aliphatic hydroxyl groups is 3. The molecule has 2 fully saturated rings. The second kappa shape index (κ2) is 3.26. The normalized spacial score (nSPS) is 42.9. The molecule has 1 unspecified atom stereocenters. The summed E-state index contributed by atoms with van der Waals surface area (Å²) in [5.41, 5.74) is -3.50. The van der Waals surface area contributed by atoms with Crippen LogP contribution in [0.4, 0.5) is 0 Å². The van der Waals surface area contributed by atoms with Gasteiger partial charge in [-0.3, -0.25) is 9.36 Å². The van der Waals surface area contributed by atoms with E-state index in [9.17, 15) is 20.1 Å². The molecule has 2 aromatic heterocycles. The van der Waals surface area contributed by atoms with Gasteiger partial charge >= 0.3 is 0 Å². The van der Waals surface area contributed by atoms with Crippen molar-refractivity contribution in [2.45, 2.75) is 36.6 Å². The molecule has 4 rings (SSSR count). The van der Waals surface area contributed by atoms with Crippen molar-refractivity contribution in [3.05, 3.63) is 23.0 Å². The summed E-state index contributed by atoms with van der Waals surface area (Å²) in [6.07, 6.45) is -0.439. The van der Waals surface area contributed by atoms with Gasteiger partial charge in [-0.1, -0.05) is 0 Å². The molecule has 0 aromatic carbocycles. The molecule has 106 valence electrons.